The number of hydrogen-bond acceptors (Lipinski definition) is 4. The summed E-state index contributed by atoms with van der Waals surface area (Å²) in [5.41, 5.74) is -1.13. The molecule has 3 fully saturated rings. The molecular weight excluding hydrogens is 262 g/mol. The van der Waals surface area contributed by atoms with Gasteiger partial charge in [0.15, 0.2) is 0 Å². The van der Waals surface area contributed by atoms with E-state index in [9.17, 15) is 19.2 Å². The number of imide groups is 2. The summed E-state index contributed by atoms with van der Waals surface area (Å²) < 4.78 is 0. The lowest BCUT2D eigenvalue weighted by Crippen LogP contribution is -2.66. The summed E-state index contributed by atoms with van der Waals surface area (Å²) in [6.07, 6.45) is 2.93. The summed E-state index contributed by atoms with van der Waals surface area (Å²) in [5.74, 6) is -1.23. The zero-order chi connectivity index (χ0) is 14.5. The third kappa shape index (κ3) is 1.58. The van der Waals surface area contributed by atoms with Gasteiger partial charge in [0.05, 0.1) is 0 Å². The van der Waals surface area contributed by atoms with Crippen molar-refractivity contribution in [2.24, 2.45) is 5.41 Å². The van der Waals surface area contributed by atoms with Crippen LogP contribution in [0.1, 0.15) is 32.1 Å². The van der Waals surface area contributed by atoms with Gasteiger partial charge in [0.2, 0.25) is 17.7 Å². The number of barbiturate groups is 1. The lowest BCUT2D eigenvalue weighted by molar-refractivity contribution is -0.155. The summed E-state index contributed by atoms with van der Waals surface area (Å²) >= 11 is 0. The van der Waals surface area contributed by atoms with Gasteiger partial charge in [-0.1, -0.05) is 12.8 Å². The van der Waals surface area contributed by atoms with Crippen LogP contribution in [0, 0.1) is 5.41 Å². The molecule has 1 N–H and O–H groups in total. The van der Waals surface area contributed by atoms with Crippen LogP contribution in [-0.2, 0) is 14.4 Å². The Kier molecular flexibility index (Phi) is 2.81. The van der Waals surface area contributed by atoms with Crippen LogP contribution in [0.2, 0.25) is 0 Å². The fourth-order valence-corrected chi connectivity index (χ4v) is 3.44. The number of carbonyl (C=O) groups is 4. The largest absolute Gasteiger partial charge is 0.344 e. The first kappa shape index (κ1) is 13.1. The third-order valence-corrected chi connectivity index (χ3v) is 4.67. The van der Waals surface area contributed by atoms with Crippen LogP contribution >= 0.6 is 0 Å². The Labute approximate surface area is 116 Å². The van der Waals surface area contributed by atoms with Gasteiger partial charge in [-0.15, -0.1) is 0 Å². The lowest BCUT2D eigenvalue weighted by atomic mass is 9.81. The van der Waals surface area contributed by atoms with Gasteiger partial charge in [0.25, 0.3) is 0 Å². The van der Waals surface area contributed by atoms with Crippen LogP contribution in [0.15, 0.2) is 0 Å². The van der Waals surface area contributed by atoms with Crippen LogP contribution in [-0.4, -0.2) is 53.2 Å². The molecule has 0 aromatic rings. The van der Waals surface area contributed by atoms with Crippen LogP contribution in [0.25, 0.3) is 0 Å². The molecule has 3 aliphatic rings. The van der Waals surface area contributed by atoms with Gasteiger partial charge in [-0.05, 0) is 19.3 Å². The summed E-state index contributed by atoms with van der Waals surface area (Å²) in [4.78, 5) is 51.3. The monoisotopic (exact) mass is 279 g/mol. The maximum absolute atomic E-state index is 12.7. The molecule has 1 saturated carbocycles. The number of nitrogens with zero attached hydrogens (tertiary/aromatic N) is 2. The second-order valence-electron chi connectivity index (χ2n) is 5.79. The molecule has 1 aliphatic carbocycles. The molecule has 0 bridgehead atoms. The molecule has 7 nitrogen and oxygen atoms in total. The predicted octanol–water partition coefficient (Wildman–Crippen LogP) is -0.144. The maximum Gasteiger partial charge on any atom is 0.331 e. The number of nitrogens with one attached hydrogen (secondary N) is 1. The zero-order valence-corrected chi connectivity index (χ0v) is 11.3. The van der Waals surface area contributed by atoms with E-state index in [1.807, 2.05) is 0 Å². The van der Waals surface area contributed by atoms with Gasteiger partial charge in [0, 0.05) is 13.6 Å². The van der Waals surface area contributed by atoms with E-state index in [4.69, 9.17) is 0 Å². The van der Waals surface area contributed by atoms with Crippen molar-refractivity contribution < 1.29 is 19.2 Å². The predicted molar refractivity (Wildman–Crippen MR) is 67.3 cm³/mol. The van der Waals surface area contributed by atoms with Crippen LogP contribution in [0.3, 0.4) is 0 Å². The summed E-state index contributed by atoms with van der Waals surface area (Å²) in [6, 6.07) is -1.52. The molecule has 0 aromatic heterocycles. The Bertz CT molecular complexity index is 510. The second kappa shape index (κ2) is 4.29. The maximum atomic E-state index is 12.7. The van der Waals surface area contributed by atoms with E-state index in [1.165, 1.54) is 4.90 Å². The van der Waals surface area contributed by atoms with Crippen molar-refractivity contribution in [3.8, 4) is 0 Å². The van der Waals surface area contributed by atoms with Crippen LogP contribution in [0.4, 0.5) is 4.79 Å². The zero-order valence-electron chi connectivity index (χ0n) is 11.3. The first-order valence-electron chi connectivity index (χ1n) is 6.91. The number of carbonyl (C=O) groups excluding carboxylic acids is 4. The summed E-state index contributed by atoms with van der Waals surface area (Å²) in [7, 11) is 1.64. The van der Waals surface area contributed by atoms with E-state index >= 15 is 0 Å². The Morgan fingerprint density at radius 2 is 1.80 bits per heavy atom. The standard InChI is InChI=1S/C13H17N3O4/c1-15-7-4-8(9(15)17)16-11(19)13(5-2-3-6-13)10(18)14-12(16)20/h8H,2-7H2,1H3,(H,14,18,20). The number of amides is 5. The minimum Gasteiger partial charge on any atom is -0.344 e. The molecule has 5 amide bonds. The van der Waals surface area contributed by atoms with Crippen LogP contribution < -0.4 is 5.32 Å². The third-order valence-electron chi connectivity index (χ3n) is 4.67. The average molecular weight is 279 g/mol. The molecule has 1 atom stereocenters. The van der Waals surface area contributed by atoms with Crippen LogP contribution in [0.5, 0.6) is 0 Å². The number of urea groups is 1. The smallest absolute Gasteiger partial charge is 0.331 e. The van der Waals surface area contributed by atoms with E-state index in [0.717, 1.165) is 17.7 Å². The molecule has 7 heteroatoms. The van der Waals surface area contributed by atoms with E-state index < -0.39 is 29.3 Å². The molecular formula is C13H17N3O4. The Hall–Kier alpha value is -1.92. The van der Waals surface area contributed by atoms with Crippen molar-refractivity contribution in [2.75, 3.05) is 13.6 Å². The van der Waals surface area contributed by atoms with E-state index in [1.54, 1.807) is 7.05 Å². The number of rotatable bonds is 1. The van der Waals surface area contributed by atoms with Crippen molar-refractivity contribution in [1.29, 1.82) is 0 Å². The normalized spacial score (nSPS) is 29.6. The average Bonchev–Trinajstić information content (AvgIpc) is 3.00. The summed E-state index contributed by atoms with van der Waals surface area (Å²) in [5, 5.41) is 2.26. The van der Waals surface area contributed by atoms with Crippen molar-refractivity contribution in [3.05, 3.63) is 0 Å². The molecule has 1 spiro atoms. The molecule has 20 heavy (non-hydrogen) atoms. The number of likely N-dealkylation sites (N-methyl/N-ethyl adjacent to an activating group) is 1. The van der Waals surface area contributed by atoms with E-state index in [-0.39, 0.29) is 5.91 Å². The number of likely N-dealkylation sites (tertiary alicyclic amines) is 1. The van der Waals surface area contributed by atoms with Crippen molar-refractivity contribution in [1.82, 2.24) is 15.1 Å². The van der Waals surface area contributed by atoms with Gasteiger partial charge >= 0.3 is 6.03 Å². The Morgan fingerprint density at radius 3 is 2.35 bits per heavy atom. The van der Waals surface area contributed by atoms with E-state index in [0.29, 0.717) is 25.8 Å². The molecule has 1 unspecified atom stereocenters. The lowest BCUT2D eigenvalue weighted by Gasteiger charge is -2.38. The van der Waals surface area contributed by atoms with Crippen molar-refractivity contribution in [2.45, 2.75) is 38.1 Å². The molecule has 2 aliphatic heterocycles. The minimum absolute atomic E-state index is 0.240. The highest BCUT2D eigenvalue weighted by atomic mass is 16.2. The second-order valence-corrected chi connectivity index (χ2v) is 5.79. The molecule has 3 rings (SSSR count). The number of hydrogen-bond donors (Lipinski definition) is 1. The van der Waals surface area contributed by atoms with Crippen molar-refractivity contribution in [3.63, 3.8) is 0 Å². The molecule has 2 saturated heterocycles. The van der Waals surface area contributed by atoms with Gasteiger partial charge in [0.1, 0.15) is 11.5 Å². The van der Waals surface area contributed by atoms with Gasteiger partial charge in [-0.2, -0.15) is 0 Å². The Morgan fingerprint density at radius 1 is 1.15 bits per heavy atom. The van der Waals surface area contributed by atoms with E-state index in [2.05, 4.69) is 5.32 Å². The molecule has 2 heterocycles. The Balaban J connectivity index is 1.94. The summed E-state index contributed by atoms with van der Waals surface area (Å²) in [6.45, 7) is 0.515. The first-order valence-corrected chi connectivity index (χ1v) is 6.91. The molecule has 0 aromatic carbocycles. The highest BCUT2D eigenvalue weighted by Crippen LogP contribution is 2.42. The van der Waals surface area contributed by atoms with Gasteiger partial charge < -0.3 is 4.90 Å². The van der Waals surface area contributed by atoms with Gasteiger partial charge in [-0.25, -0.2) is 4.79 Å². The fraction of sp³-hybridized carbons (Fsp3) is 0.692. The molecule has 0 radical (unpaired) electrons. The van der Waals surface area contributed by atoms with Crippen molar-refractivity contribution >= 4 is 23.8 Å². The first-order chi connectivity index (χ1) is 9.47. The van der Waals surface area contributed by atoms with Gasteiger partial charge in [-0.3, -0.25) is 24.6 Å². The SMILES string of the molecule is CN1CCC(N2C(=O)NC(=O)C3(CCCC3)C2=O)C1=O. The quantitative estimate of drug-likeness (QED) is 0.677. The highest BCUT2D eigenvalue weighted by Gasteiger charge is 2.57. The molecule has 108 valence electrons. The highest BCUT2D eigenvalue weighted by molar-refractivity contribution is 6.20. The topological polar surface area (TPSA) is 86.8 Å². The fourth-order valence-electron chi connectivity index (χ4n) is 3.44. The minimum atomic E-state index is -1.13.